The average molecular weight is 341 g/mol. The number of hydrogen-bond acceptors (Lipinski definition) is 5. The minimum Gasteiger partial charge on any atom is -0.340 e. The van der Waals surface area contributed by atoms with Crippen molar-refractivity contribution in [2.45, 2.75) is 0 Å². The van der Waals surface area contributed by atoms with Gasteiger partial charge in [-0.1, -0.05) is 24.3 Å². The van der Waals surface area contributed by atoms with Gasteiger partial charge in [0.2, 0.25) is 0 Å². The van der Waals surface area contributed by atoms with Crippen molar-refractivity contribution >= 4 is 34.0 Å². The van der Waals surface area contributed by atoms with Crippen molar-refractivity contribution in [1.82, 2.24) is 15.0 Å². The Hall–Kier alpha value is -3.80. The molecule has 1 amide bonds. The van der Waals surface area contributed by atoms with Gasteiger partial charge in [-0.2, -0.15) is 0 Å². The molecule has 0 atom stereocenters. The van der Waals surface area contributed by atoms with Gasteiger partial charge in [0.05, 0.1) is 5.52 Å². The zero-order chi connectivity index (χ0) is 17.8. The number of anilines is 3. The Kier molecular flexibility index (Phi) is 4.22. The minimum atomic E-state index is -0.254. The zero-order valence-corrected chi connectivity index (χ0v) is 13.8. The number of benzene rings is 2. The lowest BCUT2D eigenvalue weighted by molar-refractivity contribution is 0.102. The molecule has 6 nitrogen and oxygen atoms in total. The summed E-state index contributed by atoms with van der Waals surface area (Å²) in [5.41, 5.74) is 2.72. The van der Waals surface area contributed by atoms with Gasteiger partial charge in [-0.05, 0) is 42.5 Å². The van der Waals surface area contributed by atoms with Crippen LogP contribution in [0.3, 0.4) is 0 Å². The lowest BCUT2D eigenvalue weighted by Crippen LogP contribution is -2.13. The summed E-state index contributed by atoms with van der Waals surface area (Å²) in [5.74, 6) is 0.457. The van der Waals surface area contributed by atoms with E-state index in [9.17, 15) is 4.79 Å². The maximum Gasteiger partial charge on any atom is 0.274 e. The highest BCUT2D eigenvalue weighted by molar-refractivity contribution is 6.03. The molecule has 2 aromatic carbocycles. The number of rotatable bonds is 4. The number of amides is 1. The lowest BCUT2D eigenvalue weighted by Gasteiger charge is -2.10. The number of nitrogens with one attached hydrogen (secondary N) is 2. The Bertz CT molecular complexity index is 1060. The quantitative estimate of drug-likeness (QED) is 0.586. The van der Waals surface area contributed by atoms with Gasteiger partial charge >= 0.3 is 0 Å². The molecule has 126 valence electrons. The molecule has 0 saturated heterocycles. The molecule has 0 aliphatic carbocycles. The molecule has 4 rings (SSSR count). The number of pyridine rings is 1. The van der Waals surface area contributed by atoms with Crippen molar-refractivity contribution in [3.05, 3.63) is 84.9 Å². The van der Waals surface area contributed by atoms with Gasteiger partial charge in [0.25, 0.3) is 5.91 Å². The second kappa shape index (κ2) is 6.98. The third kappa shape index (κ3) is 3.34. The maximum atomic E-state index is 12.2. The van der Waals surface area contributed by atoms with E-state index in [0.717, 1.165) is 16.6 Å². The van der Waals surface area contributed by atoms with Crippen LogP contribution < -0.4 is 10.6 Å². The van der Waals surface area contributed by atoms with Gasteiger partial charge in [0, 0.05) is 23.0 Å². The largest absolute Gasteiger partial charge is 0.340 e. The normalized spacial score (nSPS) is 10.5. The van der Waals surface area contributed by atoms with Gasteiger partial charge in [-0.15, -0.1) is 0 Å². The number of aromatic nitrogens is 3. The zero-order valence-electron chi connectivity index (χ0n) is 13.8. The van der Waals surface area contributed by atoms with Crippen molar-refractivity contribution < 1.29 is 4.79 Å². The van der Waals surface area contributed by atoms with Gasteiger partial charge in [-0.25, -0.2) is 9.97 Å². The highest BCUT2D eigenvalue weighted by Gasteiger charge is 2.08. The third-order valence-corrected chi connectivity index (χ3v) is 3.82. The molecule has 6 heteroatoms. The smallest absolute Gasteiger partial charge is 0.274 e. The standard InChI is InChI=1S/C20H15N5O/c26-20(18-10-3-4-11-21-18)25-15-7-5-6-14(12-15)24-19-16-8-1-2-9-17(16)22-13-23-19/h1-13H,(H,25,26)(H,22,23,24). The van der Waals surface area contributed by atoms with Gasteiger partial charge in [0.1, 0.15) is 17.8 Å². The fourth-order valence-electron chi connectivity index (χ4n) is 2.61. The van der Waals surface area contributed by atoms with Crippen molar-refractivity contribution in [2.75, 3.05) is 10.6 Å². The molecule has 26 heavy (non-hydrogen) atoms. The summed E-state index contributed by atoms with van der Waals surface area (Å²) in [6.07, 6.45) is 3.12. The summed E-state index contributed by atoms with van der Waals surface area (Å²) in [5, 5.41) is 7.06. The highest BCUT2D eigenvalue weighted by Crippen LogP contribution is 2.24. The Morgan fingerprint density at radius 3 is 2.54 bits per heavy atom. The predicted octanol–water partition coefficient (Wildman–Crippen LogP) is 4.02. The van der Waals surface area contributed by atoms with Crippen LogP contribution in [0.25, 0.3) is 10.9 Å². The Labute approximate surface area is 150 Å². The molecule has 4 aromatic rings. The molecular formula is C20H15N5O. The second-order valence-corrected chi connectivity index (χ2v) is 5.61. The fraction of sp³-hybridized carbons (Fsp3) is 0. The topological polar surface area (TPSA) is 79.8 Å². The van der Waals surface area contributed by atoms with E-state index in [1.165, 1.54) is 6.33 Å². The molecule has 0 aliphatic rings. The summed E-state index contributed by atoms with van der Waals surface area (Å²) in [6.45, 7) is 0. The molecular weight excluding hydrogens is 326 g/mol. The second-order valence-electron chi connectivity index (χ2n) is 5.61. The Balaban J connectivity index is 1.57. The summed E-state index contributed by atoms with van der Waals surface area (Å²) >= 11 is 0. The van der Waals surface area contributed by atoms with Crippen LogP contribution >= 0.6 is 0 Å². The third-order valence-electron chi connectivity index (χ3n) is 3.82. The van der Waals surface area contributed by atoms with E-state index in [1.807, 2.05) is 48.5 Å². The summed E-state index contributed by atoms with van der Waals surface area (Å²) in [7, 11) is 0. The van der Waals surface area contributed by atoms with Crippen molar-refractivity contribution in [2.24, 2.45) is 0 Å². The first-order valence-corrected chi connectivity index (χ1v) is 8.09. The number of carbonyl (C=O) groups excluding carboxylic acids is 1. The number of carbonyl (C=O) groups is 1. The Morgan fingerprint density at radius 2 is 1.65 bits per heavy atom. The van der Waals surface area contributed by atoms with Crippen LogP contribution in [-0.4, -0.2) is 20.9 Å². The van der Waals surface area contributed by atoms with Crippen LogP contribution in [0.1, 0.15) is 10.5 Å². The van der Waals surface area contributed by atoms with E-state index < -0.39 is 0 Å². The minimum absolute atomic E-state index is 0.254. The van der Waals surface area contributed by atoms with Crippen LogP contribution in [0.15, 0.2) is 79.3 Å². The highest BCUT2D eigenvalue weighted by atomic mass is 16.1. The monoisotopic (exact) mass is 341 g/mol. The molecule has 0 fully saturated rings. The molecule has 2 aromatic heterocycles. The van der Waals surface area contributed by atoms with Gasteiger partial charge in [-0.3, -0.25) is 9.78 Å². The number of para-hydroxylation sites is 1. The van der Waals surface area contributed by atoms with Gasteiger partial charge < -0.3 is 10.6 Å². The van der Waals surface area contributed by atoms with Crippen LogP contribution in [0.4, 0.5) is 17.2 Å². The van der Waals surface area contributed by atoms with Crippen molar-refractivity contribution in [3.8, 4) is 0 Å². The number of nitrogens with zero attached hydrogens (tertiary/aromatic N) is 3. The molecule has 2 heterocycles. The first-order chi connectivity index (χ1) is 12.8. The number of hydrogen-bond donors (Lipinski definition) is 2. The summed E-state index contributed by atoms with van der Waals surface area (Å²) in [4.78, 5) is 24.9. The molecule has 2 N–H and O–H groups in total. The predicted molar refractivity (Wildman–Crippen MR) is 101 cm³/mol. The SMILES string of the molecule is O=C(Nc1cccc(Nc2ncnc3ccccc23)c1)c1ccccn1. The molecule has 0 bridgehead atoms. The van der Waals surface area contributed by atoms with E-state index in [4.69, 9.17) is 0 Å². The molecule has 0 aliphatic heterocycles. The fourth-order valence-corrected chi connectivity index (χ4v) is 2.61. The summed E-state index contributed by atoms with van der Waals surface area (Å²) in [6, 6.07) is 20.4. The molecule has 0 unspecified atom stereocenters. The van der Waals surface area contributed by atoms with E-state index in [0.29, 0.717) is 17.2 Å². The van der Waals surface area contributed by atoms with Gasteiger partial charge in [0.15, 0.2) is 0 Å². The first-order valence-electron chi connectivity index (χ1n) is 8.09. The van der Waals surface area contributed by atoms with E-state index in [2.05, 4.69) is 25.6 Å². The van der Waals surface area contributed by atoms with Crippen molar-refractivity contribution in [1.29, 1.82) is 0 Å². The first kappa shape index (κ1) is 15.7. The Morgan fingerprint density at radius 1 is 0.808 bits per heavy atom. The maximum absolute atomic E-state index is 12.2. The van der Waals surface area contributed by atoms with E-state index in [1.54, 1.807) is 24.4 Å². The van der Waals surface area contributed by atoms with E-state index >= 15 is 0 Å². The molecule has 0 spiro atoms. The van der Waals surface area contributed by atoms with E-state index in [-0.39, 0.29) is 5.91 Å². The van der Waals surface area contributed by atoms with Crippen LogP contribution in [0.2, 0.25) is 0 Å². The van der Waals surface area contributed by atoms with Crippen molar-refractivity contribution in [3.63, 3.8) is 0 Å². The average Bonchev–Trinajstić information content (AvgIpc) is 2.69. The van der Waals surface area contributed by atoms with Crippen LogP contribution in [0.5, 0.6) is 0 Å². The van der Waals surface area contributed by atoms with Crippen LogP contribution in [-0.2, 0) is 0 Å². The molecule has 0 radical (unpaired) electrons. The lowest BCUT2D eigenvalue weighted by atomic mass is 10.2. The number of fused-ring (bicyclic) bond motifs is 1. The van der Waals surface area contributed by atoms with Crippen LogP contribution in [0, 0.1) is 0 Å². The summed E-state index contributed by atoms with van der Waals surface area (Å²) < 4.78 is 0. The molecule has 0 saturated carbocycles.